The fourth-order valence-corrected chi connectivity index (χ4v) is 4.06. The molecular formula is C20H22F3N3O. The van der Waals surface area contributed by atoms with Crippen LogP contribution in [0.2, 0.25) is 0 Å². The summed E-state index contributed by atoms with van der Waals surface area (Å²) in [6, 6.07) is 7.15. The molecule has 4 nitrogen and oxygen atoms in total. The zero-order chi connectivity index (χ0) is 19.0. The van der Waals surface area contributed by atoms with E-state index in [0.717, 1.165) is 44.3 Å². The van der Waals surface area contributed by atoms with Gasteiger partial charge in [0.1, 0.15) is 0 Å². The molecule has 1 saturated heterocycles. The quantitative estimate of drug-likeness (QED) is 0.809. The molecule has 1 aromatic heterocycles. The number of amides is 1. The molecule has 0 spiro atoms. The highest BCUT2D eigenvalue weighted by Gasteiger charge is 2.39. The lowest BCUT2D eigenvalue weighted by molar-refractivity contribution is -0.142. The number of carbonyl (C=O) groups is 1. The van der Waals surface area contributed by atoms with E-state index in [-0.39, 0.29) is 12.5 Å². The molecule has 4 rings (SSSR count). The SMILES string of the molecule is O=C(c1ccc(Cn2nc(C(F)(F)F)c3c2CCCC3)cc1)N1CCCC1. The normalized spacial score (nSPS) is 17.2. The minimum absolute atomic E-state index is 0.0230. The van der Waals surface area contributed by atoms with E-state index in [9.17, 15) is 18.0 Å². The molecule has 2 aliphatic rings. The van der Waals surface area contributed by atoms with Crippen LogP contribution in [-0.2, 0) is 25.6 Å². The number of likely N-dealkylation sites (tertiary alicyclic amines) is 1. The number of hydrogen-bond acceptors (Lipinski definition) is 2. The molecule has 0 unspecified atom stereocenters. The maximum absolute atomic E-state index is 13.3. The number of nitrogens with zero attached hydrogens (tertiary/aromatic N) is 3. The molecule has 1 amide bonds. The van der Waals surface area contributed by atoms with Crippen LogP contribution in [0.5, 0.6) is 0 Å². The molecule has 27 heavy (non-hydrogen) atoms. The van der Waals surface area contributed by atoms with E-state index in [1.807, 2.05) is 17.0 Å². The highest BCUT2D eigenvalue weighted by molar-refractivity contribution is 5.94. The summed E-state index contributed by atoms with van der Waals surface area (Å²) in [5, 5.41) is 3.90. The number of benzene rings is 1. The van der Waals surface area contributed by atoms with Crippen LogP contribution in [0.15, 0.2) is 24.3 Å². The van der Waals surface area contributed by atoms with Crippen LogP contribution in [0.25, 0.3) is 0 Å². The number of halogens is 3. The Morgan fingerprint density at radius 2 is 1.67 bits per heavy atom. The summed E-state index contributed by atoms with van der Waals surface area (Å²) in [5.74, 6) is 0.0230. The van der Waals surface area contributed by atoms with Crippen LogP contribution >= 0.6 is 0 Å². The largest absolute Gasteiger partial charge is 0.435 e. The van der Waals surface area contributed by atoms with Crippen LogP contribution < -0.4 is 0 Å². The van der Waals surface area contributed by atoms with Gasteiger partial charge in [-0.1, -0.05) is 12.1 Å². The van der Waals surface area contributed by atoms with Gasteiger partial charge in [-0.3, -0.25) is 9.48 Å². The van der Waals surface area contributed by atoms with Gasteiger partial charge in [0.05, 0.1) is 6.54 Å². The minimum atomic E-state index is -4.42. The summed E-state index contributed by atoms with van der Waals surface area (Å²) in [4.78, 5) is 14.2. The maximum atomic E-state index is 13.3. The summed E-state index contributed by atoms with van der Waals surface area (Å²) in [6.07, 6.45) is 0.385. The van der Waals surface area contributed by atoms with Crippen LogP contribution in [0, 0.1) is 0 Å². The van der Waals surface area contributed by atoms with Crippen molar-refractivity contribution in [1.82, 2.24) is 14.7 Å². The van der Waals surface area contributed by atoms with Crippen LogP contribution in [0.1, 0.15) is 58.6 Å². The van der Waals surface area contributed by atoms with E-state index in [1.54, 1.807) is 12.1 Å². The van der Waals surface area contributed by atoms with E-state index in [4.69, 9.17) is 0 Å². The van der Waals surface area contributed by atoms with E-state index in [0.29, 0.717) is 29.7 Å². The standard InChI is InChI=1S/C20H22F3N3O/c21-20(22,23)18-16-5-1-2-6-17(16)26(24-18)13-14-7-9-15(10-8-14)19(27)25-11-3-4-12-25/h7-10H,1-6,11-13H2. The second kappa shape index (κ2) is 7.02. The molecule has 1 fully saturated rings. The smallest absolute Gasteiger partial charge is 0.339 e. The van der Waals surface area contributed by atoms with Gasteiger partial charge in [-0.15, -0.1) is 0 Å². The van der Waals surface area contributed by atoms with Crippen molar-refractivity contribution in [2.75, 3.05) is 13.1 Å². The molecule has 1 aliphatic heterocycles. The summed E-state index contributed by atoms with van der Waals surface area (Å²) < 4.78 is 41.4. The fraction of sp³-hybridized carbons (Fsp3) is 0.500. The first kappa shape index (κ1) is 18.1. The summed E-state index contributed by atoms with van der Waals surface area (Å²) in [7, 11) is 0. The van der Waals surface area contributed by atoms with E-state index in [1.165, 1.54) is 4.68 Å². The van der Waals surface area contributed by atoms with Gasteiger partial charge in [0.2, 0.25) is 0 Å². The van der Waals surface area contributed by atoms with Crippen LogP contribution in [0.3, 0.4) is 0 Å². The second-order valence-corrected chi connectivity index (χ2v) is 7.33. The van der Waals surface area contributed by atoms with E-state index < -0.39 is 11.9 Å². The third-order valence-electron chi connectivity index (χ3n) is 5.45. The Morgan fingerprint density at radius 1 is 1.00 bits per heavy atom. The Kier molecular flexibility index (Phi) is 4.70. The first-order valence-electron chi connectivity index (χ1n) is 9.47. The molecule has 2 aromatic rings. The fourth-order valence-electron chi connectivity index (χ4n) is 4.06. The second-order valence-electron chi connectivity index (χ2n) is 7.33. The molecule has 0 atom stereocenters. The van der Waals surface area contributed by atoms with Crippen molar-refractivity contribution >= 4 is 5.91 Å². The molecular weight excluding hydrogens is 355 g/mol. The Balaban J connectivity index is 1.56. The lowest BCUT2D eigenvalue weighted by Crippen LogP contribution is -2.27. The summed E-state index contributed by atoms with van der Waals surface area (Å²) in [6.45, 7) is 1.87. The van der Waals surface area contributed by atoms with Crippen LogP contribution in [0.4, 0.5) is 13.2 Å². The topological polar surface area (TPSA) is 38.1 Å². The maximum Gasteiger partial charge on any atom is 0.435 e. The Morgan fingerprint density at radius 3 is 2.33 bits per heavy atom. The van der Waals surface area contributed by atoms with Gasteiger partial charge in [-0.25, -0.2) is 0 Å². The molecule has 0 N–H and O–H groups in total. The average Bonchev–Trinajstić information content (AvgIpc) is 3.30. The zero-order valence-electron chi connectivity index (χ0n) is 15.1. The molecule has 1 aromatic carbocycles. The number of aromatic nitrogens is 2. The molecule has 7 heteroatoms. The van der Waals surface area contributed by atoms with Gasteiger partial charge >= 0.3 is 6.18 Å². The minimum Gasteiger partial charge on any atom is -0.339 e. The number of fused-ring (bicyclic) bond motifs is 1. The molecule has 2 heterocycles. The Labute approximate surface area is 156 Å². The lowest BCUT2D eigenvalue weighted by atomic mass is 9.95. The van der Waals surface area contributed by atoms with E-state index >= 15 is 0 Å². The lowest BCUT2D eigenvalue weighted by Gasteiger charge is -2.16. The Hall–Kier alpha value is -2.31. The van der Waals surface area contributed by atoms with Crippen molar-refractivity contribution < 1.29 is 18.0 Å². The van der Waals surface area contributed by atoms with Gasteiger partial charge in [0.25, 0.3) is 5.91 Å². The average molecular weight is 377 g/mol. The summed E-state index contributed by atoms with van der Waals surface area (Å²) in [5.41, 5.74) is 1.79. The van der Waals surface area contributed by atoms with Gasteiger partial charge in [-0.05, 0) is 56.2 Å². The van der Waals surface area contributed by atoms with Crippen LogP contribution in [-0.4, -0.2) is 33.7 Å². The van der Waals surface area contributed by atoms with Crippen molar-refractivity contribution in [1.29, 1.82) is 0 Å². The van der Waals surface area contributed by atoms with Crippen molar-refractivity contribution in [3.05, 3.63) is 52.3 Å². The number of rotatable bonds is 3. The van der Waals surface area contributed by atoms with Crippen molar-refractivity contribution in [3.8, 4) is 0 Å². The third kappa shape index (κ3) is 3.59. The molecule has 0 radical (unpaired) electrons. The summed E-state index contributed by atoms with van der Waals surface area (Å²) >= 11 is 0. The van der Waals surface area contributed by atoms with Crippen molar-refractivity contribution in [3.63, 3.8) is 0 Å². The highest BCUT2D eigenvalue weighted by atomic mass is 19.4. The predicted octanol–water partition coefficient (Wildman–Crippen LogP) is 4.07. The first-order valence-corrected chi connectivity index (χ1v) is 9.47. The van der Waals surface area contributed by atoms with Crippen molar-refractivity contribution in [2.24, 2.45) is 0 Å². The molecule has 1 aliphatic carbocycles. The molecule has 0 bridgehead atoms. The van der Waals surface area contributed by atoms with Gasteiger partial charge in [-0.2, -0.15) is 18.3 Å². The monoisotopic (exact) mass is 377 g/mol. The van der Waals surface area contributed by atoms with E-state index in [2.05, 4.69) is 5.10 Å². The number of hydrogen-bond donors (Lipinski definition) is 0. The highest BCUT2D eigenvalue weighted by Crippen LogP contribution is 2.36. The number of alkyl halides is 3. The number of carbonyl (C=O) groups excluding carboxylic acids is 1. The van der Waals surface area contributed by atoms with Gasteiger partial charge < -0.3 is 4.90 Å². The molecule has 0 saturated carbocycles. The Bertz CT molecular complexity index is 833. The zero-order valence-corrected chi connectivity index (χ0v) is 15.1. The predicted molar refractivity (Wildman–Crippen MR) is 94.6 cm³/mol. The van der Waals surface area contributed by atoms with Gasteiger partial charge in [0.15, 0.2) is 5.69 Å². The van der Waals surface area contributed by atoms with Crippen molar-refractivity contribution in [2.45, 2.75) is 51.2 Å². The molecule has 144 valence electrons. The first-order chi connectivity index (χ1) is 12.9. The third-order valence-corrected chi connectivity index (χ3v) is 5.45. The van der Waals surface area contributed by atoms with Gasteiger partial charge in [0, 0.05) is 29.9 Å².